The van der Waals surface area contributed by atoms with Crippen LogP contribution in [0.3, 0.4) is 0 Å². The highest BCUT2D eigenvalue weighted by atomic mass is 16.5. The van der Waals surface area contributed by atoms with Gasteiger partial charge in [-0.05, 0) is 18.2 Å². The highest BCUT2D eigenvalue weighted by Crippen LogP contribution is 2.15. The lowest BCUT2D eigenvalue weighted by molar-refractivity contribution is 0.289. The van der Waals surface area contributed by atoms with Crippen molar-refractivity contribution >= 4 is 0 Å². The van der Waals surface area contributed by atoms with Gasteiger partial charge in [-0.2, -0.15) is 0 Å². The second-order valence-corrected chi connectivity index (χ2v) is 4.02. The number of rotatable bonds is 6. The summed E-state index contributed by atoms with van der Waals surface area (Å²) in [6.07, 6.45) is 1.76. The van der Waals surface area contributed by atoms with Gasteiger partial charge in [-0.25, -0.2) is 4.98 Å². The van der Waals surface area contributed by atoms with E-state index in [1.807, 2.05) is 42.5 Å². The SMILES string of the molecule is CCNCc1cccnc1OCc1ccccc1. The number of hydrogen-bond acceptors (Lipinski definition) is 3. The Hall–Kier alpha value is -1.87. The summed E-state index contributed by atoms with van der Waals surface area (Å²) < 4.78 is 5.77. The number of aromatic nitrogens is 1. The average molecular weight is 242 g/mol. The van der Waals surface area contributed by atoms with Gasteiger partial charge in [0.05, 0.1) is 0 Å². The fraction of sp³-hybridized carbons (Fsp3) is 0.267. The van der Waals surface area contributed by atoms with Crippen LogP contribution in [0.1, 0.15) is 18.1 Å². The van der Waals surface area contributed by atoms with Crippen LogP contribution in [0.4, 0.5) is 0 Å². The largest absolute Gasteiger partial charge is 0.473 e. The van der Waals surface area contributed by atoms with Crippen LogP contribution in [0, 0.1) is 0 Å². The van der Waals surface area contributed by atoms with Crippen molar-refractivity contribution in [1.29, 1.82) is 0 Å². The molecule has 1 aromatic carbocycles. The molecule has 0 saturated heterocycles. The number of benzene rings is 1. The molecule has 18 heavy (non-hydrogen) atoms. The molecule has 2 rings (SSSR count). The Balaban J connectivity index is 2.00. The molecule has 0 aliphatic carbocycles. The topological polar surface area (TPSA) is 34.2 Å². The van der Waals surface area contributed by atoms with Gasteiger partial charge < -0.3 is 10.1 Å². The van der Waals surface area contributed by atoms with Crippen molar-refractivity contribution in [2.75, 3.05) is 6.54 Å². The smallest absolute Gasteiger partial charge is 0.218 e. The van der Waals surface area contributed by atoms with E-state index in [-0.39, 0.29) is 0 Å². The van der Waals surface area contributed by atoms with Crippen LogP contribution in [-0.4, -0.2) is 11.5 Å². The monoisotopic (exact) mass is 242 g/mol. The van der Waals surface area contributed by atoms with Crippen molar-refractivity contribution in [3.8, 4) is 5.88 Å². The highest BCUT2D eigenvalue weighted by molar-refractivity contribution is 5.26. The molecule has 0 aliphatic heterocycles. The third-order valence-electron chi connectivity index (χ3n) is 2.63. The molecule has 94 valence electrons. The summed E-state index contributed by atoms with van der Waals surface area (Å²) in [6.45, 7) is 4.36. The lowest BCUT2D eigenvalue weighted by Crippen LogP contribution is -2.13. The van der Waals surface area contributed by atoms with E-state index in [2.05, 4.69) is 17.2 Å². The van der Waals surface area contributed by atoms with Gasteiger partial charge in [0.2, 0.25) is 5.88 Å². The predicted molar refractivity (Wildman–Crippen MR) is 72.4 cm³/mol. The first-order chi connectivity index (χ1) is 8.90. The number of ether oxygens (including phenoxy) is 1. The van der Waals surface area contributed by atoms with E-state index < -0.39 is 0 Å². The lowest BCUT2D eigenvalue weighted by atomic mass is 10.2. The minimum atomic E-state index is 0.553. The van der Waals surface area contributed by atoms with Crippen LogP contribution in [0.25, 0.3) is 0 Å². The van der Waals surface area contributed by atoms with E-state index >= 15 is 0 Å². The zero-order valence-electron chi connectivity index (χ0n) is 10.6. The quantitative estimate of drug-likeness (QED) is 0.845. The van der Waals surface area contributed by atoms with Crippen molar-refractivity contribution in [2.45, 2.75) is 20.1 Å². The molecule has 1 aromatic heterocycles. The van der Waals surface area contributed by atoms with Gasteiger partial charge in [0.1, 0.15) is 6.61 Å². The molecule has 3 nitrogen and oxygen atoms in total. The Morgan fingerprint density at radius 1 is 1.11 bits per heavy atom. The molecule has 1 N–H and O–H groups in total. The average Bonchev–Trinajstić information content (AvgIpc) is 2.45. The van der Waals surface area contributed by atoms with Gasteiger partial charge in [0, 0.05) is 18.3 Å². The second kappa shape index (κ2) is 6.77. The van der Waals surface area contributed by atoms with E-state index in [4.69, 9.17) is 4.74 Å². The van der Waals surface area contributed by atoms with Crippen LogP contribution < -0.4 is 10.1 Å². The summed E-state index contributed by atoms with van der Waals surface area (Å²) in [4.78, 5) is 4.28. The number of pyridine rings is 1. The normalized spacial score (nSPS) is 10.3. The second-order valence-electron chi connectivity index (χ2n) is 4.02. The van der Waals surface area contributed by atoms with Crippen LogP contribution >= 0.6 is 0 Å². The first-order valence-electron chi connectivity index (χ1n) is 6.21. The van der Waals surface area contributed by atoms with E-state index in [9.17, 15) is 0 Å². The summed E-state index contributed by atoms with van der Waals surface area (Å²) >= 11 is 0. The fourth-order valence-corrected chi connectivity index (χ4v) is 1.67. The molecule has 1 heterocycles. The molecular formula is C15H18N2O. The van der Waals surface area contributed by atoms with Crippen molar-refractivity contribution in [1.82, 2.24) is 10.3 Å². The molecule has 0 amide bonds. The number of nitrogens with one attached hydrogen (secondary N) is 1. The van der Waals surface area contributed by atoms with Gasteiger partial charge in [0.15, 0.2) is 0 Å². The van der Waals surface area contributed by atoms with Gasteiger partial charge >= 0.3 is 0 Å². The molecular weight excluding hydrogens is 224 g/mol. The highest BCUT2D eigenvalue weighted by Gasteiger charge is 2.04. The molecule has 0 bridgehead atoms. The molecule has 0 fully saturated rings. The Morgan fingerprint density at radius 3 is 2.72 bits per heavy atom. The van der Waals surface area contributed by atoms with E-state index in [0.29, 0.717) is 12.5 Å². The Kier molecular flexibility index (Phi) is 4.73. The first kappa shape index (κ1) is 12.6. The Morgan fingerprint density at radius 2 is 1.94 bits per heavy atom. The Labute approximate surface area is 108 Å². The van der Waals surface area contributed by atoms with Gasteiger partial charge in [-0.1, -0.05) is 43.3 Å². The fourth-order valence-electron chi connectivity index (χ4n) is 1.67. The lowest BCUT2D eigenvalue weighted by Gasteiger charge is -2.10. The third kappa shape index (κ3) is 3.57. The molecule has 0 spiro atoms. The van der Waals surface area contributed by atoms with Gasteiger partial charge in [-0.3, -0.25) is 0 Å². The van der Waals surface area contributed by atoms with Crippen LogP contribution in [-0.2, 0) is 13.2 Å². The molecule has 0 atom stereocenters. The molecule has 0 saturated carbocycles. The molecule has 3 heteroatoms. The summed E-state index contributed by atoms with van der Waals surface area (Å²) in [5.74, 6) is 0.710. The minimum Gasteiger partial charge on any atom is -0.473 e. The van der Waals surface area contributed by atoms with Crippen molar-refractivity contribution in [3.05, 3.63) is 59.8 Å². The third-order valence-corrected chi connectivity index (χ3v) is 2.63. The standard InChI is InChI=1S/C15H18N2O/c1-2-16-11-14-9-6-10-17-15(14)18-12-13-7-4-3-5-8-13/h3-10,16H,2,11-12H2,1H3. The van der Waals surface area contributed by atoms with Crippen LogP contribution in [0.5, 0.6) is 5.88 Å². The molecule has 0 aliphatic rings. The zero-order chi connectivity index (χ0) is 12.6. The van der Waals surface area contributed by atoms with Crippen molar-refractivity contribution < 1.29 is 4.74 Å². The maximum absolute atomic E-state index is 5.77. The first-order valence-corrected chi connectivity index (χ1v) is 6.21. The molecule has 0 unspecified atom stereocenters. The maximum Gasteiger partial charge on any atom is 0.218 e. The minimum absolute atomic E-state index is 0.553. The Bertz CT molecular complexity index is 471. The molecule has 2 aromatic rings. The number of nitrogens with zero attached hydrogens (tertiary/aromatic N) is 1. The predicted octanol–water partition coefficient (Wildman–Crippen LogP) is 2.77. The van der Waals surface area contributed by atoms with Crippen LogP contribution in [0.15, 0.2) is 48.7 Å². The van der Waals surface area contributed by atoms with Gasteiger partial charge in [0.25, 0.3) is 0 Å². The van der Waals surface area contributed by atoms with Gasteiger partial charge in [-0.15, -0.1) is 0 Å². The number of hydrogen-bond donors (Lipinski definition) is 1. The van der Waals surface area contributed by atoms with E-state index in [0.717, 1.165) is 24.2 Å². The summed E-state index contributed by atoms with van der Waals surface area (Å²) in [6, 6.07) is 14.1. The summed E-state index contributed by atoms with van der Waals surface area (Å²) in [7, 11) is 0. The van der Waals surface area contributed by atoms with E-state index in [1.54, 1.807) is 6.20 Å². The van der Waals surface area contributed by atoms with E-state index in [1.165, 1.54) is 0 Å². The summed E-state index contributed by atoms with van der Waals surface area (Å²) in [5, 5.41) is 3.28. The summed E-state index contributed by atoms with van der Waals surface area (Å²) in [5.41, 5.74) is 2.24. The maximum atomic E-state index is 5.77. The van der Waals surface area contributed by atoms with Crippen molar-refractivity contribution in [3.63, 3.8) is 0 Å². The van der Waals surface area contributed by atoms with Crippen molar-refractivity contribution in [2.24, 2.45) is 0 Å². The zero-order valence-corrected chi connectivity index (χ0v) is 10.6. The van der Waals surface area contributed by atoms with Crippen LogP contribution in [0.2, 0.25) is 0 Å². The molecule has 0 radical (unpaired) electrons.